The van der Waals surface area contributed by atoms with Crippen molar-refractivity contribution in [2.75, 3.05) is 19.6 Å². The lowest BCUT2D eigenvalue weighted by Gasteiger charge is -2.47. The Kier molecular flexibility index (Phi) is 4.52. The maximum atomic E-state index is 8.80. The first kappa shape index (κ1) is 16.2. The minimum absolute atomic E-state index is 0.136. The molecule has 0 saturated carbocycles. The molecule has 0 unspecified atom stereocenters. The lowest BCUT2D eigenvalue weighted by molar-refractivity contribution is -0.180. The smallest absolute Gasteiger partial charge is 0.144 e. The molecule has 0 amide bonds. The first-order valence-corrected chi connectivity index (χ1v) is 6.88. The zero-order valence-electron chi connectivity index (χ0n) is 13.2. The first-order chi connectivity index (χ1) is 8.47. The quantitative estimate of drug-likeness (QED) is 0.355. The summed E-state index contributed by atoms with van der Waals surface area (Å²) in [6.07, 6.45) is 0.856. The van der Waals surface area contributed by atoms with Crippen LogP contribution in [0.15, 0.2) is 5.16 Å². The molecule has 19 heavy (non-hydrogen) atoms. The molecule has 0 bridgehead atoms. The van der Waals surface area contributed by atoms with Gasteiger partial charge in [0.2, 0.25) is 0 Å². The molecule has 1 aliphatic rings. The second-order valence-electron chi connectivity index (χ2n) is 7.45. The van der Waals surface area contributed by atoms with Gasteiger partial charge in [-0.15, -0.1) is 0 Å². The van der Waals surface area contributed by atoms with Crippen molar-refractivity contribution in [3.63, 3.8) is 0 Å². The first-order valence-electron chi connectivity index (χ1n) is 6.88. The second-order valence-corrected chi connectivity index (χ2v) is 7.45. The zero-order chi connectivity index (χ0) is 14.9. The molecule has 0 atom stereocenters. The monoisotopic (exact) mass is 271 g/mol. The summed E-state index contributed by atoms with van der Waals surface area (Å²) in [4.78, 5) is 2.40. The number of nitrogens with zero attached hydrogens (tertiary/aromatic N) is 2. The summed E-state index contributed by atoms with van der Waals surface area (Å²) < 4.78 is 6.06. The predicted molar refractivity (Wildman–Crippen MR) is 77.5 cm³/mol. The van der Waals surface area contributed by atoms with Crippen LogP contribution < -0.4 is 5.73 Å². The molecular weight excluding hydrogens is 242 g/mol. The summed E-state index contributed by atoms with van der Waals surface area (Å²) in [6, 6.07) is 0. The van der Waals surface area contributed by atoms with Crippen molar-refractivity contribution in [2.24, 2.45) is 16.3 Å². The average molecular weight is 271 g/mol. The highest BCUT2D eigenvalue weighted by molar-refractivity contribution is 5.85. The fraction of sp³-hybridized carbons (Fsp3) is 0.929. The fourth-order valence-corrected chi connectivity index (χ4v) is 2.80. The highest BCUT2D eigenvalue weighted by Crippen LogP contribution is 2.29. The van der Waals surface area contributed by atoms with E-state index in [0.717, 1.165) is 26.1 Å². The molecule has 0 aromatic carbocycles. The van der Waals surface area contributed by atoms with E-state index in [0.29, 0.717) is 5.84 Å². The topological polar surface area (TPSA) is 71.1 Å². The third kappa shape index (κ3) is 4.66. The van der Waals surface area contributed by atoms with Gasteiger partial charge in [-0.3, -0.25) is 4.90 Å². The third-order valence-corrected chi connectivity index (χ3v) is 3.62. The van der Waals surface area contributed by atoms with Crippen molar-refractivity contribution in [3.05, 3.63) is 0 Å². The molecule has 0 aromatic rings. The molecule has 112 valence electrons. The van der Waals surface area contributed by atoms with Gasteiger partial charge in [0.15, 0.2) is 0 Å². The van der Waals surface area contributed by atoms with Gasteiger partial charge in [0.05, 0.1) is 11.2 Å². The molecule has 1 fully saturated rings. The van der Waals surface area contributed by atoms with E-state index in [1.165, 1.54) is 0 Å². The summed E-state index contributed by atoms with van der Waals surface area (Å²) in [5.41, 5.74) is 5.17. The standard InChI is InChI=1S/C14H29N3O2/c1-12(2,11(15)16-18)7-8-17-9-13(3,4)19-14(5,6)10-17/h18H,7-10H2,1-6H3,(H2,15,16). The Bertz CT molecular complexity index is 333. The zero-order valence-corrected chi connectivity index (χ0v) is 13.2. The Balaban J connectivity index is 2.63. The van der Waals surface area contributed by atoms with Gasteiger partial charge in [-0.1, -0.05) is 19.0 Å². The van der Waals surface area contributed by atoms with Crippen molar-refractivity contribution in [1.82, 2.24) is 4.90 Å². The van der Waals surface area contributed by atoms with Gasteiger partial charge < -0.3 is 15.7 Å². The molecule has 1 rings (SSSR count). The number of hydrogen-bond donors (Lipinski definition) is 2. The van der Waals surface area contributed by atoms with Gasteiger partial charge in [0.1, 0.15) is 5.84 Å². The Morgan fingerprint density at radius 1 is 1.26 bits per heavy atom. The van der Waals surface area contributed by atoms with Gasteiger partial charge in [0, 0.05) is 18.5 Å². The third-order valence-electron chi connectivity index (χ3n) is 3.62. The minimum atomic E-state index is -0.290. The maximum Gasteiger partial charge on any atom is 0.144 e. The van der Waals surface area contributed by atoms with E-state index in [1.807, 2.05) is 13.8 Å². The Hall–Kier alpha value is -0.810. The number of oxime groups is 1. The normalized spacial score (nSPS) is 24.4. The lowest BCUT2D eigenvalue weighted by atomic mass is 9.87. The molecule has 1 saturated heterocycles. The lowest BCUT2D eigenvalue weighted by Crippen LogP contribution is -2.57. The summed E-state index contributed by atoms with van der Waals surface area (Å²) in [5, 5.41) is 11.9. The van der Waals surface area contributed by atoms with E-state index in [1.54, 1.807) is 0 Å². The van der Waals surface area contributed by atoms with Crippen LogP contribution in [0.4, 0.5) is 0 Å². The average Bonchev–Trinajstić information content (AvgIpc) is 2.21. The van der Waals surface area contributed by atoms with Gasteiger partial charge in [-0.25, -0.2) is 0 Å². The van der Waals surface area contributed by atoms with E-state index >= 15 is 0 Å². The van der Waals surface area contributed by atoms with Crippen LogP contribution >= 0.6 is 0 Å². The molecule has 0 aliphatic carbocycles. The molecule has 1 heterocycles. The van der Waals surface area contributed by atoms with E-state index in [2.05, 4.69) is 37.8 Å². The Morgan fingerprint density at radius 3 is 2.16 bits per heavy atom. The summed E-state index contributed by atoms with van der Waals surface area (Å²) in [6.45, 7) is 15.2. The van der Waals surface area contributed by atoms with Crippen molar-refractivity contribution in [2.45, 2.75) is 59.2 Å². The van der Waals surface area contributed by atoms with Crippen LogP contribution in [0.3, 0.4) is 0 Å². The van der Waals surface area contributed by atoms with Crippen molar-refractivity contribution < 1.29 is 9.94 Å². The van der Waals surface area contributed by atoms with E-state index in [4.69, 9.17) is 15.7 Å². The Labute approximate surface area is 116 Å². The van der Waals surface area contributed by atoms with E-state index in [-0.39, 0.29) is 16.6 Å². The number of morpholine rings is 1. The molecule has 0 radical (unpaired) electrons. The predicted octanol–water partition coefficient (Wildman–Crippen LogP) is 2.04. The van der Waals surface area contributed by atoms with Crippen LogP contribution in [0.1, 0.15) is 48.0 Å². The van der Waals surface area contributed by atoms with Crippen molar-refractivity contribution in [3.8, 4) is 0 Å². The highest BCUT2D eigenvalue weighted by atomic mass is 16.5. The second kappa shape index (κ2) is 5.29. The van der Waals surface area contributed by atoms with Crippen molar-refractivity contribution in [1.29, 1.82) is 0 Å². The number of hydrogen-bond acceptors (Lipinski definition) is 4. The summed E-state index contributed by atoms with van der Waals surface area (Å²) >= 11 is 0. The van der Waals surface area contributed by atoms with Crippen LogP contribution in [0.5, 0.6) is 0 Å². The maximum absolute atomic E-state index is 8.80. The van der Waals surface area contributed by atoms with E-state index in [9.17, 15) is 0 Å². The SMILES string of the molecule is CC1(C)CN(CCC(C)(C)C(N)=NO)CC(C)(C)O1. The number of ether oxygens (including phenoxy) is 1. The summed E-state index contributed by atoms with van der Waals surface area (Å²) in [5.74, 6) is 0.291. The molecule has 3 N–H and O–H groups in total. The molecule has 1 aliphatic heterocycles. The molecule has 0 spiro atoms. The van der Waals surface area contributed by atoms with Crippen LogP contribution in [0, 0.1) is 5.41 Å². The van der Waals surface area contributed by atoms with Crippen LogP contribution in [-0.2, 0) is 4.74 Å². The van der Waals surface area contributed by atoms with Gasteiger partial charge in [-0.2, -0.15) is 0 Å². The fourth-order valence-electron chi connectivity index (χ4n) is 2.80. The highest BCUT2D eigenvalue weighted by Gasteiger charge is 2.38. The molecule has 0 aromatic heterocycles. The van der Waals surface area contributed by atoms with Gasteiger partial charge in [0.25, 0.3) is 0 Å². The van der Waals surface area contributed by atoms with Gasteiger partial charge in [-0.05, 0) is 40.7 Å². The van der Waals surface area contributed by atoms with E-state index < -0.39 is 0 Å². The van der Waals surface area contributed by atoms with Crippen molar-refractivity contribution >= 4 is 5.84 Å². The van der Waals surface area contributed by atoms with Crippen LogP contribution in [0.2, 0.25) is 0 Å². The van der Waals surface area contributed by atoms with Crippen LogP contribution in [0.25, 0.3) is 0 Å². The largest absolute Gasteiger partial charge is 0.409 e. The number of rotatable bonds is 4. The number of nitrogens with two attached hydrogens (primary N) is 1. The van der Waals surface area contributed by atoms with Crippen LogP contribution in [-0.4, -0.2) is 46.8 Å². The molecule has 5 heteroatoms. The molecular formula is C14H29N3O2. The van der Waals surface area contributed by atoms with Gasteiger partial charge >= 0.3 is 0 Å². The molecule has 5 nitrogen and oxygen atoms in total. The Morgan fingerprint density at radius 2 is 1.74 bits per heavy atom. The number of amidine groups is 1. The summed E-state index contributed by atoms with van der Waals surface area (Å²) in [7, 11) is 0. The minimum Gasteiger partial charge on any atom is -0.409 e.